The highest BCUT2D eigenvalue weighted by Crippen LogP contribution is 2.38. The first kappa shape index (κ1) is 37.3. The Morgan fingerprint density at radius 3 is 2.09 bits per heavy atom. The lowest BCUT2D eigenvalue weighted by atomic mass is 9.75. The first-order valence-corrected chi connectivity index (χ1v) is 15.8. The van der Waals surface area contributed by atoms with Crippen LogP contribution in [0.15, 0.2) is 40.9 Å². The Hall–Kier alpha value is -1.87. The highest BCUT2D eigenvalue weighted by Gasteiger charge is 2.52. The van der Waals surface area contributed by atoms with Crippen molar-refractivity contribution in [1.82, 2.24) is 10.2 Å². The van der Waals surface area contributed by atoms with Crippen LogP contribution in [-0.2, 0) is 14.0 Å². The summed E-state index contributed by atoms with van der Waals surface area (Å²) in [6.45, 7) is 20.1. The van der Waals surface area contributed by atoms with Gasteiger partial charge in [-0.3, -0.25) is 0 Å². The molecule has 2 aromatic rings. The number of nitrogens with zero attached hydrogens (tertiary/aromatic N) is 1. The van der Waals surface area contributed by atoms with Crippen LogP contribution in [0.25, 0.3) is 0 Å². The van der Waals surface area contributed by atoms with Gasteiger partial charge in [-0.25, -0.2) is 4.79 Å². The second-order valence-electron chi connectivity index (χ2n) is 13.7. The molecule has 5 rings (SSSR count). The summed E-state index contributed by atoms with van der Waals surface area (Å²) in [4.78, 5) is 14.5. The van der Waals surface area contributed by atoms with Crippen molar-refractivity contribution < 1.29 is 18.8 Å². The third-order valence-electron chi connectivity index (χ3n) is 8.71. The van der Waals surface area contributed by atoms with E-state index in [2.05, 4.69) is 99.2 Å². The molecular formula is C35H56BBrN2O4. The van der Waals surface area contributed by atoms with E-state index in [0.717, 1.165) is 36.0 Å². The van der Waals surface area contributed by atoms with Crippen molar-refractivity contribution in [3.8, 4) is 0 Å². The number of halogens is 1. The molecule has 2 atom stereocenters. The highest BCUT2D eigenvalue weighted by atomic mass is 79.9. The molecule has 2 aromatic carbocycles. The summed E-state index contributed by atoms with van der Waals surface area (Å²) in [7, 11) is -0.371. The lowest BCUT2D eigenvalue weighted by Crippen LogP contribution is -2.41. The predicted octanol–water partition coefficient (Wildman–Crippen LogP) is 8.82. The van der Waals surface area contributed by atoms with Gasteiger partial charge in [-0.05, 0) is 123 Å². The minimum Gasteiger partial charge on any atom is -0.444 e. The lowest BCUT2D eigenvalue weighted by molar-refractivity contribution is 0.00578. The molecule has 0 spiro atoms. The summed E-state index contributed by atoms with van der Waals surface area (Å²) in [5, 5.41) is 3.50. The maximum absolute atomic E-state index is 12.6. The molecule has 1 N–H and O–H groups in total. The van der Waals surface area contributed by atoms with Gasteiger partial charge in [0.15, 0.2) is 0 Å². The molecule has 3 fully saturated rings. The molecule has 3 aliphatic rings. The molecule has 240 valence electrons. The predicted molar refractivity (Wildman–Crippen MR) is 184 cm³/mol. The summed E-state index contributed by atoms with van der Waals surface area (Å²) in [6.07, 6.45) is 4.29. The summed E-state index contributed by atoms with van der Waals surface area (Å²) >= 11 is 3.52. The molecule has 3 saturated heterocycles. The summed E-state index contributed by atoms with van der Waals surface area (Å²) in [6, 6.07) is 13.6. The quantitative estimate of drug-likeness (QED) is 0.334. The standard InChI is InChI=1S/C22H34BNO4.C11H14BrN.2CH4/c1-15-14-16(18-10-9-13-24(18)19(25)26-20(2,3)4)11-12-17(15)23-27-21(5,6)22(7,8)28-23;1-8-7-9(4-5-10(8)12)11-3-2-6-13-11;;/h11-12,14,18H,9-10,13H2,1-8H3;4-5,7,11,13H,2-3,6H2,1H3;2*1H4. The number of carbonyl (C=O) groups excluding carboxylic acids is 1. The number of nitrogens with one attached hydrogen (secondary N) is 1. The zero-order chi connectivity index (χ0) is 30.2. The van der Waals surface area contributed by atoms with E-state index in [1.807, 2.05) is 25.7 Å². The van der Waals surface area contributed by atoms with Crippen molar-refractivity contribution in [2.75, 3.05) is 13.1 Å². The van der Waals surface area contributed by atoms with E-state index in [4.69, 9.17) is 14.0 Å². The highest BCUT2D eigenvalue weighted by molar-refractivity contribution is 9.10. The molecule has 0 saturated carbocycles. The number of likely N-dealkylation sites (tertiary alicyclic amines) is 1. The number of hydrogen-bond donors (Lipinski definition) is 1. The van der Waals surface area contributed by atoms with Gasteiger partial charge in [0.05, 0.1) is 17.2 Å². The first-order chi connectivity index (χ1) is 19.1. The van der Waals surface area contributed by atoms with Gasteiger partial charge in [-0.1, -0.05) is 66.7 Å². The number of hydrogen-bond acceptors (Lipinski definition) is 5. The summed E-state index contributed by atoms with van der Waals surface area (Å²) < 4.78 is 19.2. The minimum atomic E-state index is -0.485. The van der Waals surface area contributed by atoms with Crippen LogP contribution >= 0.6 is 15.9 Å². The molecule has 43 heavy (non-hydrogen) atoms. The van der Waals surface area contributed by atoms with E-state index in [9.17, 15) is 4.79 Å². The number of rotatable bonds is 3. The van der Waals surface area contributed by atoms with Crippen LogP contribution in [0.2, 0.25) is 0 Å². The topological polar surface area (TPSA) is 60.0 Å². The summed E-state index contributed by atoms with van der Waals surface area (Å²) in [5.41, 5.74) is 4.85. The third-order valence-corrected chi connectivity index (χ3v) is 9.60. The molecule has 3 aliphatic heterocycles. The Morgan fingerprint density at radius 2 is 1.56 bits per heavy atom. The molecular weight excluding hydrogens is 603 g/mol. The van der Waals surface area contributed by atoms with Gasteiger partial charge in [-0.15, -0.1) is 0 Å². The fourth-order valence-electron chi connectivity index (χ4n) is 5.65. The van der Waals surface area contributed by atoms with Crippen LogP contribution in [0, 0.1) is 13.8 Å². The molecule has 3 heterocycles. The lowest BCUT2D eigenvalue weighted by Gasteiger charge is -2.32. The van der Waals surface area contributed by atoms with Crippen LogP contribution in [0.4, 0.5) is 4.79 Å². The number of aryl methyl sites for hydroxylation is 2. The van der Waals surface area contributed by atoms with Gasteiger partial charge in [0.1, 0.15) is 5.60 Å². The second-order valence-corrected chi connectivity index (χ2v) is 14.5. The van der Waals surface area contributed by atoms with Crippen LogP contribution < -0.4 is 10.8 Å². The Morgan fingerprint density at radius 1 is 0.953 bits per heavy atom. The SMILES string of the molecule is C.C.Cc1cc(C2CCCN2)ccc1Br.Cc1cc(C2CCCN2C(=O)OC(C)(C)C)ccc1B1OC(C)(C)C(C)(C)O1. The number of benzene rings is 2. The van der Waals surface area contributed by atoms with E-state index in [1.54, 1.807) is 0 Å². The molecule has 0 bridgehead atoms. The van der Waals surface area contributed by atoms with E-state index in [0.29, 0.717) is 6.04 Å². The van der Waals surface area contributed by atoms with Crippen LogP contribution in [0.3, 0.4) is 0 Å². The van der Waals surface area contributed by atoms with Crippen molar-refractivity contribution in [2.24, 2.45) is 0 Å². The zero-order valence-electron chi connectivity index (χ0n) is 26.4. The second kappa shape index (κ2) is 14.5. The maximum atomic E-state index is 12.6. The molecule has 6 nitrogen and oxygen atoms in total. The van der Waals surface area contributed by atoms with E-state index in [-0.39, 0.29) is 45.3 Å². The smallest absolute Gasteiger partial charge is 0.444 e. The van der Waals surface area contributed by atoms with Crippen LogP contribution in [0.1, 0.15) is 123 Å². The fourth-order valence-corrected chi connectivity index (χ4v) is 5.89. The van der Waals surface area contributed by atoms with E-state index in [1.165, 1.54) is 35.0 Å². The number of ether oxygens (including phenoxy) is 1. The Bertz CT molecular complexity index is 1220. The van der Waals surface area contributed by atoms with Gasteiger partial charge in [0.2, 0.25) is 0 Å². The van der Waals surface area contributed by atoms with Crippen molar-refractivity contribution in [2.45, 2.75) is 132 Å². The zero-order valence-corrected chi connectivity index (χ0v) is 28.0. The average Bonchev–Trinajstić information content (AvgIpc) is 3.60. The third kappa shape index (κ3) is 8.87. The monoisotopic (exact) mass is 658 g/mol. The molecule has 2 unspecified atom stereocenters. The van der Waals surface area contributed by atoms with E-state index >= 15 is 0 Å². The van der Waals surface area contributed by atoms with Crippen molar-refractivity contribution in [3.05, 3.63) is 63.1 Å². The first-order valence-electron chi connectivity index (χ1n) is 15.0. The average molecular weight is 660 g/mol. The number of amides is 1. The normalized spacial score (nSPS) is 22.3. The van der Waals surface area contributed by atoms with E-state index < -0.39 is 5.60 Å². The molecule has 0 aliphatic carbocycles. The van der Waals surface area contributed by atoms with Crippen LogP contribution in [0.5, 0.6) is 0 Å². The van der Waals surface area contributed by atoms with Crippen LogP contribution in [-0.4, -0.2) is 48.0 Å². The number of carbonyl (C=O) groups is 1. The Labute approximate surface area is 270 Å². The van der Waals surface area contributed by atoms with Gasteiger partial charge in [0.25, 0.3) is 0 Å². The van der Waals surface area contributed by atoms with Crippen molar-refractivity contribution in [1.29, 1.82) is 0 Å². The minimum absolute atomic E-state index is 0. The molecule has 0 radical (unpaired) electrons. The van der Waals surface area contributed by atoms with Gasteiger partial charge in [-0.2, -0.15) is 0 Å². The molecule has 8 heteroatoms. The van der Waals surface area contributed by atoms with Crippen molar-refractivity contribution in [3.63, 3.8) is 0 Å². The van der Waals surface area contributed by atoms with Gasteiger partial charge < -0.3 is 24.3 Å². The van der Waals surface area contributed by atoms with Gasteiger partial charge >= 0.3 is 13.2 Å². The van der Waals surface area contributed by atoms with Crippen molar-refractivity contribution >= 4 is 34.6 Å². The molecule has 1 amide bonds. The maximum Gasteiger partial charge on any atom is 0.495 e. The molecule has 0 aromatic heterocycles. The Kier molecular flexibility index (Phi) is 12.6. The summed E-state index contributed by atoms with van der Waals surface area (Å²) in [5.74, 6) is 0. The fraction of sp³-hybridized carbons (Fsp3) is 0.629. The van der Waals surface area contributed by atoms with Gasteiger partial charge in [0, 0.05) is 17.1 Å². The Balaban J connectivity index is 0.000000362. The largest absolute Gasteiger partial charge is 0.495 e.